The Kier molecular flexibility index (Phi) is 3.23. The van der Waals surface area contributed by atoms with E-state index in [2.05, 4.69) is 15.9 Å². The van der Waals surface area contributed by atoms with Gasteiger partial charge in [0.25, 0.3) is 0 Å². The van der Waals surface area contributed by atoms with E-state index in [0.29, 0.717) is 5.57 Å². The van der Waals surface area contributed by atoms with Crippen LogP contribution in [0.1, 0.15) is 12.5 Å². The highest BCUT2D eigenvalue weighted by Crippen LogP contribution is 2.23. The van der Waals surface area contributed by atoms with E-state index in [1.807, 2.05) is 30.3 Å². The van der Waals surface area contributed by atoms with E-state index in [-0.39, 0.29) is 0 Å². The zero-order valence-corrected chi connectivity index (χ0v) is 8.34. The van der Waals surface area contributed by atoms with Crippen LogP contribution in [0, 0.1) is 0 Å². The van der Waals surface area contributed by atoms with Gasteiger partial charge < -0.3 is 0 Å². The van der Waals surface area contributed by atoms with Crippen molar-refractivity contribution in [3.8, 4) is 0 Å². The molecular formula is C10H9BrO. The molecule has 1 aromatic carbocycles. The number of benzene rings is 1. The van der Waals surface area contributed by atoms with Crippen molar-refractivity contribution in [3.05, 3.63) is 41.5 Å². The molecule has 0 aromatic heterocycles. The van der Waals surface area contributed by atoms with Crippen LogP contribution in [0.15, 0.2) is 35.9 Å². The molecule has 0 aliphatic carbocycles. The number of allylic oxidation sites excluding steroid dienone is 1. The van der Waals surface area contributed by atoms with Crippen molar-refractivity contribution in [2.75, 3.05) is 0 Å². The lowest BCUT2D eigenvalue weighted by Gasteiger charge is -1.99. The molecular weight excluding hydrogens is 216 g/mol. The average molecular weight is 225 g/mol. The third-order valence-electron chi connectivity index (χ3n) is 1.55. The van der Waals surface area contributed by atoms with Gasteiger partial charge in [0, 0.05) is 10.1 Å². The van der Waals surface area contributed by atoms with Crippen molar-refractivity contribution in [1.29, 1.82) is 0 Å². The minimum atomic E-state index is 0.709. The summed E-state index contributed by atoms with van der Waals surface area (Å²) >= 11 is 3.36. The maximum atomic E-state index is 10.4. The largest absolute Gasteiger partial charge is 0.298 e. The second kappa shape index (κ2) is 4.21. The Balaban J connectivity index is 3.08. The molecule has 0 aliphatic rings. The maximum absolute atomic E-state index is 10.4. The number of rotatable bonds is 2. The molecule has 0 fully saturated rings. The fourth-order valence-electron chi connectivity index (χ4n) is 0.864. The molecule has 0 aliphatic heterocycles. The van der Waals surface area contributed by atoms with Gasteiger partial charge in [0.2, 0.25) is 0 Å². The van der Waals surface area contributed by atoms with E-state index in [1.165, 1.54) is 0 Å². The first-order chi connectivity index (χ1) is 5.75. The van der Waals surface area contributed by atoms with Gasteiger partial charge in [0.05, 0.1) is 0 Å². The lowest BCUT2D eigenvalue weighted by Crippen LogP contribution is -1.82. The van der Waals surface area contributed by atoms with E-state index in [1.54, 1.807) is 6.92 Å². The first kappa shape index (κ1) is 9.20. The average Bonchev–Trinajstić information content (AvgIpc) is 2.17. The molecule has 12 heavy (non-hydrogen) atoms. The number of aldehydes is 1. The normalized spacial score (nSPS) is 12.2. The van der Waals surface area contributed by atoms with Crippen LogP contribution in [0.25, 0.3) is 4.48 Å². The van der Waals surface area contributed by atoms with Crippen molar-refractivity contribution in [2.24, 2.45) is 0 Å². The molecule has 0 bridgehead atoms. The molecule has 1 aromatic rings. The fraction of sp³-hybridized carbons (Fsp3) is 0.100. The van der Waals surface area contributed by atoms with Crippen LogP contribution >= 0.6 is 15.9 Å². The third kappa shape index (κ3) is 2.05. The van der Waals surface area contributed by atoms with Gasteiger partial charge in [-0.05, 0) is 28.4 Å². The third-order valence-corrected chi connectivity index (χ3v) is 2.63. The predicted molar refractivity (Wildman–Crippen MR) is 54.0 cm³/mol. The number of carbonyl (C=O) groups is 1. The molecule has 1 nitrogen and oxygen atoms in total. The van der Waals surface area contributed by atoms with Gasteiger partial charge in [-0.25, -0.2) is 0 Å². The van der Waals surface area contributed by atoms with E-state index < -0.39 is 0 Å². The van der Waals surface area contributed by atoms with Crippen LogP contribution in [-0.4, -0.2) is 6.29 Å². The van der Waals surface area contributed by atoms with Gasteiger partial charge in [0.15, 0.2) is 0 Å². The standard InChI is InChI=1S/C10H9BrO/c1-8(7-12)10(11)9-5-3-2-4-6-9/h2-7H,1H3/b10-8-. The van der Waals surface area contributed by atoms with Crippen LogP contribution in [0.3, 0.4) is 0 Å². The SMILES string of the molecule is C/C(C=O)=C(/Br)c1ccccc1. The van der Waals surface area contributed by atoms with Gasteiger partial charge in [-0.2, -0.15) is 0 Å². The Hall–Kier alpha value is -0.890. The highest BCUT2D eigenvalue weighted by atomic mass is 79.9. The minimum absolute atomic E-state index is 0.709. The lowest BCUT2D eigenvalue weighted by atomic mass is 10.1. The van der Waals surface area contributed by atoms with Crippen molar-refractivity contribution in [2.45, 2.75) is 6.92 Å². The van der Waals surface area contributed by atoms with Gasteiger partial charge in [-0.15, -0.1) is 0 Å². The summed E-state index contributed by atoms with van der Waals surface area (Å²) in [6, 6.07) is 9.73. The van der Waals surface area contributed by atoms with Crippen LogP contribution in [0.4, 0.5) is 0 Å². The Morgan fingerprint density at radius 1 is 1.33 bits per heavy atom. The van der Waals surface area contributed by atoms with E-state index in [0.717, 1.165) is 16.3 Å². The Morgan fingerprint density at radius 2 is 1.92 bits per heavy atom. The van der Waals surface area contributed by atoms with Crippen molar-refractivity contribution in [1.82, 2.24) is 0 Å². The molecule has 0 unspecified atom stereocenters. The van der Waals surface area contributed by atoms with E-state index >= 15 is 0 Å². The topological polar surface area (TPSA) is 17.1 Å². The predicted octanol–water partition coefficient (Wildman–Crippen LogP) is 3.01. The molecule has 0 N–H and O–H groups in total. The smallest absolute Gasteiger partial charge is 0.146 e. The Morgan fingerprint density at radius 3 is 2.42 bits per heavy atom. The summed E-state index contributed by atoms with van der Waals surface area (Å²) in [5.74, 6) is 0. The van der Waals surface area contributed by atoms with Crippen LogP contribution in [0.2, 0.25) is 0 Å². The van der Waals surface area contributed by atoms with E-state index in [9.17, 15) is 4.79 Å². The second-order valence-electron chi connectivity index (χ2n) is 2.48. The Labute approximate surface area is 80.2 Å². The Bertz CT molecular complexity index is 301. The zero-order chi connectivity index (χ0) is 8.97. The molecule has 1 rings (SSSR count). The summed E-state index contributed by atoms with van der Waals surface area (Å²) in [7, 11) is 0. The maximum Gasteiger partial charge on any atom is 0.146 e. The summed E-state index contributed by atoms with van der Waals surface area (Å²) in [4.78, 5) is 10.4. The van der Waals surface area contributed by atoms with E-state index in [4.69, 9.17) is 0 Å². The molecule has 0 radical (unpaired) electrons. The monoisotopic (exact) mass is 224 g/mol. The lowest BCUT2D eigenvalue weighted by molar-refractivity contribution is -0.104. The first-order valence-corrected chi connectivity index (χ1v) is 4.42. The summed E-state index contributed by atoms with van der Waals surface area (Å²) < 4.78 is 0.859. The molecule has 0 heterocycles. The van der Waals surface area contributed by atoms with Crippen molar-refractivity contribution in [3.63, 3.8) is 0 Å². The summed E-state index contributed by atoms with van der Waals surface area (Å²) in [5, 5.41) is 0. The molecule has 0 saturated carbocycles. The summed E-state index contributed by atoms with van der Waals surface area (Å²) in [6.07, 6.45) is 0.844. The number of carbonyl (C=O) groups excluding carboxylic acids is 1. The van der Waals surface area contributed by atoms with Crippen molar-refractivity contribution < 1.29 is 4.79 Å². The summed E-state index contributed by atoms with van der Waals surface area (Å²) in [5.41, 5.74) is 1.74. The molecule has 0 saturated heterocycles. The van der Waals surface area contributed by atoms with Crippen LogP contribution in [0.5, 0.6) is 0 Å². The van der Waals surface area contributed by atoms with Crippen LogP contribution in [-0.2, 0) is 4.79 Å². The van der Waals surface area contributed by atoms with Crippen molar-refractivity contribution >= 4 is 26.7 Å². The first-order valence-electron chi connectivity index (χ1n) is 3.62. The minimum Gasteiger partial charge on any atom is -0.298 e. The highest BCUT2D eigenvalue weighted by molar-refractivity contribution is 9.15. The van der Waals surface area contributed by atoms with Gasteiger partial charge in [-0.1, -0.05) is 30.3 Å². The molecule has 0 amide bonds. The fourth-order valence-corrected chi connectivity index (χ4v) is 1.22. The highest BCUT2D eigenvalue weighted by Gasteiger charge is 1.99. The molecule has 0 spiro atoms. The quantitative estimate of drug-likeness (QED) is 0.558. The molecule has 62 valence electrons. The van der Waals surface area contributed by atoms with Gasteiger partial charge in [0.1, 0.15) is 6.29 Å². The second-order valence-corrected chi connectivity index (χ2v) is 3.27. The van der Waals surface area contributed by atoms with Gasteiger partial charge in [-0.3, -0.25) is 4.79 Å². The molecule has 2 heteroatoms. The summed E-state index contributed by atoms with van der Waals surface area (Å²) in [6.45, 7) is 1.78. The number of halogens is 1. The van der Waals surface area contributed by atoms with Gasteiger partial charge >= 0.3 is 0 Å². The number of hydrogen-bond acceptors (Lipinski definition) is 1. The molecule has 0 atom stereocenters. The number of hydrogen-bond donors (Lipinski definition) is 0. The van der Waals surface area contributed by atoms with Crippen LogP contribution < -0.4 is 0 Å². The zero-order valence-electron chi connectivity index (χ0n) is 6.75.